The number of pyridine rings is 1. The highest BCUT2D eigenvalue weighted by atomic mass is 35.5. The van der Waals surface area contributed by atoms with E-state index in [-0.39, 0.29) is 5.91 Å². The summed E-state index contributed by atoms with van der Waals surface area (Å²) in [6, 6.07) is 22.9. The molecule has 128 valence electrons. The Balaban J connectivity index is 1.70. The van der Waals surface area contributed by atoms with Gasteiger partial charge in [-0.3, -0.25) is 4.79 Å². The maximum Gasteiger partial charge on any atom is 0.295 e. The molecule has 0 aliphatic rings. The number of H-pyrrole nitrogens is 1. The quantitative estimate of drug-likeness (QED) is 0.577. The second-order valence-electron chi connectivity index (χ2n) is 6.00. The van der Waals surface area contributed by atoms with Gasteiger partial charge < -0.3 is 9.55 Å². The van der Waals surface area contributed by atoms with E-state index in [4.69, 9.17) is 11.6 Å². The molecule has 1 N–H and O–H groups in total. The van der Waals surface area contributed by atoms with Crippen LogP contribution in [-0.4, -0.2) is 15.5 Å². The number of carbonyl (C=O) groups is 1. The molecule has 0 aliphatic carbocycles. The Bertz CT molecular complexity index is 1140. The van der Waals surface area contributed by atoms with Crippen LogP contribution in [0.4, 0.5) is 0 Å². The first-order chi connectivity index (χ1) is 12.7. The number of fused-ring (bicyclic) bond motifs is 1. The minimum absolute atomic E-state index is 0.315. The summed E-state index contributed by atoms with van der Waals surface area (Å²) in [7, 11) is 0. The second-order valence-corrected chi connectivity index (χ2v) is 6.44. The van der Waals surface area contributed by atoms with E-state index in [0.29, 0.717) is 22.7 Å². The molecular formula is C21H16ClN3O. The molecule has 5 heteroatoms. The van der Waals surface area contributed by atoms with Crippen molar-refractivity contribution in [1.29, 1.82) is 0 Å². The van der Waals surface area contributed by atoms with Gasteiger partial charge in [-0.25, -0.2) is 0 Å². The first-order valence-corrected chi connectivity index (χ1v) is 8.63. The summed E-state index contributed by atoms with van der Waals surface area (Å²) < 4.78 is 1.95. The number of halogens is 1. The maximum absolute atomic E-state index is 12.6. The Kier molecular flexibility index (Phi) is 4.42. The minimum Gasteiger partial charge on any atom is -0.350 e. The monoisotopic (exact) mass is 361 g/mol. The van der Waals surface area contributed by atoms with Gasteiger partial charge in [-0.15, -0.1) is 0 Å². The maximum atomic E-state index is 12.6. The van der Waals surface area contributed by atoms with Crippen LogP contribution in [0.3, 0.4) is 0 Å². The molecule has 0 fully saturated rings. The number of aromatic nitrogens is 2. The van der Waals surface area contributed by atoms with E-state index in [1.54, 1.807) is 12.1 Å². The normalized spacial score (nSPS) is 11.8. The smallest absolute Gasteiger partial charge is 0.295 e. The first-order valence-electron chi connectivity index (χ1n) is 8.26. The third-order valence-corrected chi connectivity index (χ3v) is 4.38. The first kappa shape index (κ1) is 16.4. The average molecular weight is 362 g/mol. The molecule has 2 heterocycles. The van der Waals surface area contributed by atoms with Gasteiger partial charge in [0.15, 0.2) is 0 Å². The molecule has 2 aromatic heterocycles. The van der Waals surface area contributed by atoms with Gasteiger partial charge in [-0.2, -0.15) is 4.99 Å². The molecular weight excluding hydrogens is 346 g/mol. The SMILES string of the molecule is O=C(N=c1ccccn1Cc1ccccc1)c1cc2cc(Cl)ccc2[nH]1. The number of rotatable bonds is 3. The van der Waals surface area contributed by atoms with Crippen molar-refractivity contribution in [2.75, 3.05) is 0 Å². The van der Waals surface area contributed by atoms with Crippen LogP contribution >= 0.6 is 11.6 Å². The Morgan fingerprint density at radius 2 is 1.81 bits per heavy atom. The summed E-state index contributed by atoms with van der Waals surface area (Å²) in [6.45, 7) is 0.649. The Hall–Kier alpha value is -3.11. The molecule has 1 amide bonds. The van der Waals surface area contributed by atoms with Gasteiger partial charge in [0, 0.05) is 28.7 Å². The third-order valence-electron chi connectivity index (χ3n) is 4.14. The zero-order valence-corrected chi connectivity index (χ0v) is 14.6. The third kappa shape index (κ3) is 3.46. The number of nitrogens with zero attached hydrogens (tertiary/aromatic N) is 2. The second kappa shape index (κ2) is 7.02. The van der Waals surface area contributed by atoms with Crippen LogP contribution in [0.5, 0.6) is 0 Å². The molecule has 0 saturated heterocycles. The summed E-state index contributed by atoms with van der Waals surface area (Å²) in [5.41, 5.74) is 3.06. The number of hydrogen-bond acceptors (Lipinski definition) is 1. The molecule has 0 spiro atoms. The van der Waals surface area contributed by atoms with E-state index in [0.717, 1.165) is 16.5 Å². The van der Waals surface area contributed by atoms with E-state index in [9.17, 15) is 4.79 Å². The lowest BCUT2D eigenvalue weighted by atomic mass is 10.2. The molecule has 4 nitrogen and oxygen atoms in total. The molecule has 0 unspecified atom stereocenters. The molecule has 26 heavy (non-hydrogen) atoms. The predicted octanol–water partition coefficient (Wildman–Crippen LogP) is 4.41. The average Bonchev–Trinajstić information content (AvgIpc) is 3.07. The molecule has 2 aromatic carbocycles. The lowest BCUT2D eigenvalue weighted by Gasteiger charge is -2.07. The van der Waals surface area contributed by atoms with Crippen molar-refractivity contribution in [2.24, 2.45) is 4.99 Å². The van der Waals surface area contributed by atoms with Crippen LogP contribution in [0, 0.1) is 0 Å². The molecule has 4 aromatic rings. The molecule has 0 radical (unpaired) electrons. The van der Waals surface area contributed by atoms with Crippen LogP contribution in [0.25, 0.3) is 10.9 Å². The fourth-order valence-corrected chi connectivity index (χ4v) is 3.05. The van der Waals surface area contributed by atoms with Gasteiger partial charge in [0.2, 0.25) is 0 Å². The molecule has 0 bridgehead atoms. The van der Waals surface area contributed by atoms with Crippen LogP contribution in [0.1, 0.15) is 16.1 Å². The van der Waals surface area contributed by atoms with Crippen molar-refractivity contribution in [1.82, 2.24) is 9.55 Å². The summed E-state index contributed by atoms with van der Waals surface area (Å²) in [5.74, 6) is -0.315. The fraction of sp³-hybridized carbons (Fsp3) is 0.0476. The highest BCUT2D eigenvalue weighted by molar-refractivity contribution is 6.31. The summed E-state index contributed by atoms with van der Waals surface area (Å²) >= 11 is 6.01. The standard InChI is InChI=1S/C21H16ClN3O/c22-17-9-10-18-16(12-17)13-19(23-18)21(26)24-20-8-4-5-11-25(20)14-15-6-2-1-3-7-15/h1-13,23H,14H2. The van der Waals surface area contributed by atoms with Crippen LogP contribution in [0.15, 0.2) is 84.0 Å². The number of aromatic amines is 1. The molecule has 0 saturated carbocycles. The highest BCUT2D eigenvalue weighted by Crippen LogP contribution is 2.20. The van der Waals surface area contributed by atoms with Gasteiger partial charge in [0.25, 0.3) is 5.91 Å². The largest absolute Gasteiger partial charge is 0.350 e. The Morgan fingerprint density at radius 1 is 1.00 bits per heavy atom. The van der Waals surface area contributed by atoms with Crippen molar-refractivity contribution >= 4 is 28.4 Å². The fourth-order valence-electron chi connectivity index (χ4n) is 2.87. The lowest BCUT2D eigenvalue weighted by Crippen LogP contribution is -2.22. The predicted molar refractivity (Wildman–Crippen MR) is 103 cm³/mol. The zero-order chi connectivity index (χ0) is 17.9. The number of amides is 1. The number of nitrogens with one attached hydrogen (secondary N) is 1. The van der Waals surface area contributed by atoms with Crippen molar-refractivity contribution < 1.29 is 4.79 Å². The Labute approximate surface area is 155 Å². The molecule has 0 atom stereocenters. The summed E-state index contributed by atoms with van der Waals surface area (Å²) in [5, 5.41) is 1.53. The minimum atomic E-state index is -0.315. The van der Waals surface area contributed by atoms with Gasteiger partial charge >= 0.3 is 0 Å². The lowest BCUT2D eigenvalue weighted by molar-refractivity contribution is 0.0993. The zero-order valence-electron chi connectivity index (χ0n) is 13.9. The van der Waals surface area contributed by atoms with Crippen LogP contribution in [0.2, 0.25) is 5.02 Å². The van der Waals surface area contributed by atoms with Gasteiger partial charge in [0.1, 0.15) is 11.2 Å². The molecule has 0 aliphatic heterocycles. The van der Waals surface area contributed by atoms with Gasteiger partial charge in [-0.1, -0.05) is 48.0 Å². The van der Waals surface area contributed by atoms with Crippen LogP contribution < -0.4 is 5.49 Å². The molecule has 4 rings (SSSR count). The van der Waals surface area contributed by atoms with E-state index in [1.807, 2.05) is 71.4 Å². The summed E-state index contributed by atoms with van der Waals surface area (Å²) in [4.78, 5) is 20.0. The topological polar surface area (TPSA) is 50.1 Å². The summed E-state index contributed by atoms with van der Waals surface area (Å²) in [6.07, 6.45) is 1.92. The van der Waals surface area contributed by atoms with Gasteiger partial charge in [-0.05, 0) is 42.0 Å². The Morgan fingerprint density at radius 3 is 2.65 bits per heavy atom. The van der Waals surface area contributed by atoms with Crippen molar-refractivity contribution in [3.63, 3.8) is 0 Å². The van der Waals surface area contributed by atoms with Crippen molar-refractivity contribution in [3.05, 3.63) is 101 Å². The van der Waals surface area contributed by atoms with Crippen molar-refractivity contribution in [2.45, 2.75) is 6.54 Å². The highest BCUT2D eigenvalue weighted by Gasteiger charge is 2.09. The van der Waals surface area contributed by atoms with E-state index >= 15 is 0 Å². The number of hydrogen-bond donors (Lipinski definition) is 1. The van der Waals surface area contributed by atoms with Crippen LogP contribution in [-0.2, 0) is 6.54 Å². The van der Waals surface area contributed by atoms with E-state index in [2.05, 4.69) is 9.98 Å². The number of carbonyl (C=O) groups excluding carboxylic acids is 1. The van der Waals surface area contributed by atoms with E-state index < -0.39 is 0 Å². The van der Waals surface area contributed by atoms with E-state index in [1.165, 1.54) is 0 Å². The number of benzene rings is 2. The van der Waals surface area contributed by atoms with Crippen molar-refractivity contribution in [3.8, 4) is 0 Å². The van der Waals surface area contributed by atoms with Gasteiger partial charge in [0.05, 0.1) is 0 Å².